The number of fused-ring (bicyclic) bond motifs is 1. The van der Waals surface area contributed by atoms with Crippen LogP contribution in [0.25, 0.3) is 0 Å². The van der Waals surface area contributed by atoms with E-state index in [-0.39, 0.29) is 11.0 Å². The Balaban J connectivity index is 2.00. The van der Waals surface area contributed by atoms with Crippen molar-refractivity contribution < 1.29 is 4.74 Å². The van der Waals surface area contributed by atoms with Crippen LogP contribution in [0.5, 0.6) is 0 Å². The maximum absolute atomic E-state index is 6.79. The molecule has 0 aromatic rings. The summed E-state index contributed by atoms with van der Waals surface area (Å²) in [7, 11) is 2.21. The first kappa shape index (κ1) is 14.3. The Hall–Kier alpha value is -0.120. The second kappa shape index (κ2) is 5.10. The summed E-state index contributed by atoms with van der Waals surface area (Å²) in [6.45, 7) is 9.89. The predicted molar refractivity (Wildman–Crippen MR) is 75.6 cm³/mol. The summed E-state index contributed by atoms with van der Waals surface area (Å²) in [4.78, 5) is 2.41. The van der Waals surface area contributed by atoms with Gasteiger partial charge in [-0.2, -0.15) is 0 Å². The third-order valence-electron chi connectivity index (χ3n) is 5.32. The summed E-state index contributed by atoms with van der Waals surface area (Å²) in [5, 5.41) is 0. The van der Waals surface area contributed by atoms with Crippen molar-refractivity contribution in [2.24, 2.45) is 17.1 Å². The van der Waals surface area contributed by atoms with E-state index in [4.69, 9.17) is 10.5 Å². The maximum atomic E-state index is 6.79. The summed E-state index contributed by atoms with van der Waals surface area (Å²) in [5.41, 5.74) is 6.83. The third kappa shape index (κ3) is 2.10. The second-order valence-corrected chi connectivity index (χ2v) is 6.89. The molecule has 1 aliphatic heterocycles. The first-order valence-electron chi connectivity index (χ1n) is 7.52. The number of likely N-dealkylation sites (N-methyl/N-ethyl adjacent to an activating group) is 1. The molecule has 0 amide bonds. The van der Waals surface area contributed by atoms with Crippen LogP contribution < -0.4 is 5.73 Å². The molecule has 0 aromatic carbocycles. The van der Waals surface area contributed by atoms with Crippen LogP contribution in [-0.2, 0) is 4.74 Å². The average Bonchev–Trinajstić information content (AvgIpc) is 2.36. The van der Waals surface area contributed by atoms with Crippen LogP contribution in [0.1, 0.15) is 46.5 Å². The van der Waals surface area contributed by atoms with Gasteiger partial charge in [-0.05, 0) is 32.9 Å². The Morgan fingerprint density at radius 2 is 2.11 bits per heavy atom. The van der Waals surface area contributed by atoms with Crippen LogP contribution in [-0.4, -0.2) is 43.3 Å². The van der Waals surface area contributed by atoms with Crippen molar-refractivity contribution >= 4 is 0 Å². The molecule has 3 unspecified atom stereocenters. The van der Waals surface area contributed by atoms with Crippen molar-refractivity contribution in [1.82, 2.24) is 4.90 Å². The van der Waals surface area contributed by atoms with E-state index in [0.717, 1.165) is 19.7 Å². The highest BCUT2D eigenvalue weighted by molar-refractivity contribution is 5.20. The fourth-order valence-corrected chi connectivity index (χ4v) is 3.94. The summed E-state index contributed by atoms with van der Waals surface area (Å²) < 4.78 is 5.95. The zero-order valence-corrected chi connectivity index (χ0v) is 12.5. The molecule has 1 aliphatic carbocycles. The molecule has 2 fully saturated rings. The molecule has 1 saturated heterocycles. The van der Waals surface area contributed by atoms with Crippen LogP contribution in [0.15, 0.2) is 0 Å². The highest BCUT2D eigenvalue weighted by Gasteiger charge is 2.66. The van der Waals surface area contributed by atoms with Crippen molar-refractivity contribution in [2.45, 2.75) is 58.1 Å². The fraction of sp³-hybridized carbons (Fsp3) is 1.00. The topological polar surface area (TPSA) is 38.5 Å². The molecule has 3 atom stereocenters. The number of nitrogens with zero attached hydrogens (tertiary/aromatic N) is 1. The van der Waals surface area contributed by atoms with Crippen LogP contribution >= 0.6 is 0 Å². The van der Waals surface area contributed by atoms with E-state index in [0.29, 0.717) is 12.0 Å². The van der Waals surface area contributed by atoms with Crippen LogP contribution in [0.3, 0.4) is 0 Å². The van der Waals surface area contributed by atoms with Crippen molar-refractivity contribution in [1.29, 1.82) is 0 Å². The molecule has 2 rings (SSSR count). The molecular weight excluding hydrogens is 224 g/mol. The Kier molecular flexibility index (Phi) is 4.05. The molecule has 2 aliphatic rings. The number of hydrogen-bond acceptors (Lipinski definition) is 3. The maximum Gasteiger partial charge on any atom is 0.0690 e. The Morgan fingerprint density at radius 3 is 2.78 bits per heavy atom. The quantitative estimate of drug-likeness (QED) is 0.818. The predicted octanol–water partition coefficient (Wildman–Crippen LogP) is 2.25. The fourth-order valence-electron chi connectivity index (χ4n) is 3.94. The number of ether oxygens (including phenoxy) is 1. The lowest BCUT2D eigenvalue weighted by molar-refractivity contribution is -0.231. The van der Waals surface area contributed by atoms with Gasteiger partial charge >= 0.3 is 0 Å². The van der Waals surface area contributed by atoms with E-state index in [2.05, 4.69) is 32.7 Å². The standard InChI is InChI=1S/C15H30N2O/c1-5-6-9-17(4)11-15(16)12-8-7-10-18-13(12)14(15,2)3/h12-13H,5-11,16H2,1-4H3. The highest BCUT2D eigenvalue weighted by Crippen LogP contribution is 2.57. The van der Waals surface area contributed by atoms with Gasteiger partial charge in [0, 0.05) is 30.0 Å². The lowest BCUT2D eigenvalue weighted by Crippen LogP contribution is -2.80. The third-order valence-corrected chi connectivity index (χ3v) is 5.32. The summed E-state index contributed by atoms with van der Waals surface area (Å²) in [6.07, 6.45) is 5.31. The van der Waals surface area contributed by atoms with Gasteiger partial charge in [-0.3, -0.25) is 0 Å². The minimum atomic E-state index is -0.0689. The zero-order valence-electron chi connectivity index (χ0n) is 12.5. The minimum absolute atomic E-state index is 0.0689. The van der Waals surface area contributed by atoms with Crippen molar-refractivity contribution in [3.05, 3.63) is 0 Å². The highest BCUT2D eigenvalue weighted by atomic mass is 16.5. The molecule has 0 spiro atoms. The molecule has 3 heteroatoms. The summed E-state index contributed by atoms with van der Waals surface area (Å²) >= 11 is 0. The van der Waals surface area contributed by atoms with E-state index >= 15 is 0 Å². The van der Waals surface area contributed by atoms with Crippen molar-refractivity contribution in [3.63, 3.8) is 0 Å². The molecule has 0 radical (unpaired) electrons. The normalized spacial score (nSPS) is 38.3. The monoisotopic (exact) mass is 254 g/mol. The lowest BCUT2D eigenvalue weighted by Gasteiger charge is -2.67. The zero-order chi connectivity index (χ0) is 13.4. The van der Waals surface area contributed by atoms with Gasteiger partial charge in [-0.25, -0.2) is 0 Å². The van der Waals surface area contributed by atoms with E-state index in [1.165, 1.54) is 25.7 Å². The number of rotatable bonds is 5. The molecular formula is C15H30N2O. The van der Waals surface area contributed by atoms with Crippen LogP contribution in [0.4, 0.5) is 0 Å². The van der Waals surface area contributed by atoms with Crippen LogP contribution in [0, 0.1) is 11.3 Å². The van der Waals surface area contributed by atoms with E-state index < -0.39 is 0 Å². The lowest BCUT2D eigenvalue weighted by atomic mass is 9.46. The molecule has 18 heavy (non-hydrogen) atoms. The summed E-state index contributed by atoms with van der Waals surface area (Å²) in [6, 6.07) is 0. The molecule has 3 nitrogen and oxygen atoms in total. The van der Waals surface area contributed by atoms with Gasteiger partial charge in [-0.15, -0.1) is 0 Å². The largest absolute Gasteiger partial charge is 0.377 e. The first-order chi connectivity index (χ1) is 8.43. The smallest absolute Gasteiger partial charge is 0.0690 e. The molecule has 1 saturated carbocycles. The SMILES string of the molecule is CCCCN(C)CC1(N)C2CCCOC2C1(C)C. The molecule has 0 aromatic heterocycles. The Bertz CT molecular complexity index is 292. The van der Waals surface area contributed by atoms with Gasteiger partial charge < -0.3 is 15.4 Å². The molecule has 106 valence electrons. The van der Waals surface area contributed by atoms with Gasteiger partial charge in [0.2, 0.25) is 0 Å². The van der Waals surface area contributed by atoms with Gasteiger partial charge in [0.25, 0.3) is 0 Å². The molecule has 0 bridgehead atoms. The number of hydrogen-bond donors (Lipinski definition) is 1. The Labute approximate surface area is 112 Å². The Morgan fingerprint density at radius 1 is 1.39 bits per heavy atom. The van der Waals surface area contributed by atoms with E-state index in [1.54, 1.807) is 0 Å². The average molecular weight is 254 g/mol. The van der Waals surface area contributed by atoms with Gasteiger partial charge in [-0.1, -0.05) is 27.2 Å². The second-order valence-electron chi connectivity index (χ2n) is 6.89. The van der Waals surface area contributed by atoms with E-state index in [1.807, 2.05) is 0 Å². The van der Waals surface area contributed by atoms with Crippen molar-refractivity contribution in [2.75, 3.05) is 26.7 Å². The van der Waals surface area contributed by atoms with Gasteiger partial charge in [0.1, 0.15) is 0 Å². The summed E-state index contributed by atoms with van der Waals surface area (Å²) in [5.74, 6) is 0.560. The van der Waals surface area contributed by atoms with E-state index in [9.17, 15) is 0 Å². The molecule has 2 N–H and O–H groups in total. The molecule has 1 heterocycles. The number of unbranched alkanes of at least 4 members (excludes halogenated alkanes) is 1. The van der Waals surface area contributed by atoms with Gasteiger partial charge in [0.15, 0.2) is 0 Å². The minimum Gasteiger partial charge on any atom is -0.377 e. The van der Waals surface area contributed by atoms with Crippen molar-refractivity contribution in [3.8, 4) is 0 Å². The first-order valence-corrected chi connectivity index (χ1v) is 7.52. The number of nitrogens with two attached hydrogens (primary N) is 1. The van der Waals surface area contributed by atoms with Gasteiger partial charge in [0.05, 0.1) is 6.10 Å². The van der Waals surface area contributed by atoms with Crippen LogP contribution in [0.2, 0.25) is 0 Å².